The smallest absolute Gasteiger partial charge is 0.243 e. The van der Waals surface area contributed by atoms with Gasteiger partial charge in [0.05, 0.1) is 23.7 Å². The Morgan fingerprint density at radius 3 is 2.13 bits per heavy atom. The number of pyridine rings is 1. The van der Waals surface area contributed by atoms with Gasteiger partial charge in [0, 0.05) is 5.56 Å². The third kappa shape index (κ3) is 3.62. The van der Waals surface area contributed by atoms with Crippen LogP contribution in [-0.4, -0.2) is 4.98 Å². The number of benzene rings is 1. The van der Waals surface area contributed by atoms with E-state index >= 15 is 0 Å². The number of aromatic nitrogens is 1. The molecule has 0 aliphatic carbocycles. The van der Waals surface area contributed by atoms with Crippen molar-refractivity contribution in [2.45, 2.75) is 18.8 Å². The van der Waals surface area contributed by atoms with Crippen LogP contribution in [0.25, 0.3) is 11.3 Å². The van der Waals surface area contributed by atoms with E-state index in [0.717, 1.165) is 30.3 Å². The number of halogens is 6. The molecule has 0 atom stereocenters. The fourth-order valence-corrected chi connectivity index (χ4v) is 2.06. The summed E-state index contributed by atoms with van der Waals surface area (Å²) in [5.41, 5.74) is -3.71. The quantitative estimate of drug-likeness (QED) is 0.738. The predicted molar refractivity (Wildman–Crippen MR) is 69.0 cm³/mol. The molecule has 8 heteroatoms. The molecule has 2 aromatic rings. The molecule has 0 aliphatic rings. The molecule has 0 saturated heterocycles. The fourth-order valence-electron chi connectivity index (χ4n) is 2.06. The minimum atomic E-state index is -4.87. The Bertz CT molecular complexity index is 756. The maximum atomic E-state index is 13.0. The number of alkyl halides is 6. The number of nitrogens with zero attached hydrogens (tertiary/aromatic N) is 2. The van der Waals surface area contributed by atoms with Crippen molar-refractivity contribution in [1.29, 1.82) is 5.26 Å². The van der Waals surface area contributed by atoms with Crippen molar-refractivity contribution >= 4 is 0 Å². The Balaban J connectivity index is 2.66. The fraction of sp³-hybridized carbons (Fsp3) is 0.200. The van der Waals surface area contributed by atoms with E-state index in [1.807, 2.05) is 0 Å². The van der Waals surface area contributed by atoms with Crippen LogP contribution in [0.2, 0.25) is 0 Å². The number of hydrogen-bond donors (Lipinski definition) is 0. The van der Waals surface area contributed by atoms with Gasteiger partial charge in [0.25, 0.3) is 0 Å². The normalized spacial score (nSPS) is 12.0. The lowest BCUT2D eigenvalue weighted by molar-refractivity contribution is -0.141. The van der Waals surface area contributed by atoms with Crippen molar-refractivity contribution in [3.05, 3.63) is 53.2 Å². The summed E-state index contributed by atoms with van der Waals surface area (Å²) in [5, 5.41) is 8.55. The summed E-state index contributed by atoms with van der Waals surface area (Å²) in [4.78, 5) is 3.33. The van der Waals surface area contributed by atoms with Gasteiger partial charge in [0.15, 0.2) is 0 Å². The molecule has 2 nitrogen and oxygen atoms in total. The van der Waals surface area contributed by atoms with Crippen LogP contribution in [0.4, 0.5) is 26.3 Å². The second-order valence-corrected chi connectivity index (χ2v) is 4.58. The topological polar surface area (TPSA) is 36.7 Å². The van der Waals surface area contributed by atoms with Crippen LogP contribution < -0.4 is 0 Å². The summed E-state index contributed by atoms with van der Waals surface area (Å²) < 4.78 is 77.9. The van der Waals surface area contributed by atoms with Gasteiger partial charge in [-0.25, -0.2) is 4.98 Å². The van der Waals surface area contributed by atoms with E-state index in [4.69, 9.17) is 5.26 Å². The predicted octanol–water partition coefficient (Wildman–Crippen LogP) is 4.85. The molecule has 1 aromatic carbocycles. The molecule has 23 heavy (non-hydrogen) atoms. The summed E-state index contributed by atoms with van der Waals surface area (Å²) in [6, 6.07) is 7.84. The summed E-state index contributed by atoms with van der Waals surface area (Å²) in [6.07, 6.45) is -10.1. The molecule has 2 rings (SSSR count). The molecule has 0 N–H and O–H groups in total. The lowest BCUT2D eigenvalue weighted by Gasteiger charge is -2.15. The molecule has 0 saturated carbocycles. The first-order valence-corrected chi connectivity index (χ1v) is 6.25. The zero-order valence-electron chi connectivity index (χ0n) is 11.3. The Kier molecular flexibility index (Phi) is 4.32. The lowest BCUT2D eigenvalue weighted by Crippen LogP contribution is -2.13. The van der Waals surface area contributed by atoms with Crippen molar-refractivity contribution in [3.63, 3.8) is 0 Å². The van der Waals surface area contributed by atoms with Crippen molar-refractivity contribution in [2.24, 2.45) is 0 Å². The monoisotopic (exact) mass is 330 g/mol. The highest BCUT2D eigenvalue weighted by Crippen LogP contribution is 2.38. The van der Waals surface area contributed by atoms with Crippen LogP contribution in [-0.2, 0) is 18.8 Å². The number of nitriles is 1. The van der Waals surface area contributed by atoms with E-state index in [1.165, 1.54) is 6.07 Å². The van der Waals surface area contributed by atoms with Crippen molar-refractivity contribution in [2.75, 3.05) is 0 Å². The van der Waals surface area contributed by atoms with Gasteiger partial charge in [0.1, 0.15) is 5.69 Å². The first-order valence-electron chi connectivity index (χ1n) is 6.25. The first kappa shape index (κ1) is 16.8. The molecule has 0 bridgehead atoms. The SMILES string of the molecule is N#CCc1ccc(-c2ccccc2C(F)(F)F)nc1C(F)(F)F. The Morgan fingerprint density at radius 2 is 1.57 bits per heavy atom. The van der Waals surface area contributed by atoms with E-state index in [1.54, 1.807) is 6.07 Å². The Labute approximate surface area is 127 Å². The minimum absolute atomic E-state index is 0.381. The average Bonchev–Trinajstić information content (AvgIpc) is 2.46. The van der Waals surface area contributed by atoms with Crippen LogP contribution in [0.5, 0.6) is 0 Å². The molecule has 0 fully saturated rings. The standard InChI is InChI=1S/C15H8F6N2/c16-14(17,18)11-4-2-1-3-10(11)12-6-5-9(7-8-22)13(23-12)15(19,20)21/h1-6H,7H2. The summed E-state index contributed by atoms with van der Waals surface area (Å²) in [5.74, 6) is 0. The van der Waals surface area contributed by atoms with Gasteiger partial charge in [-0.3, -0.25) is 0 Å². The molecule has 0 aliphatic heterocycles. The highest BCUT2D eigenvalue weighted by atomic mass is 19.4. The molecule has 0 spiro atoms. The van der Waals surface area contributed by atoms with Gasteiger partial charge in [-0.05, 0) is 17.7 Å². The minimum Gasteiger partial charge on any atom is -0.243 e. The van der Waals surface area contributed by atoms with E-state index in [2.05, 4.69) is 4.98 Å². The average molecular weight is 330 g/mol. The van der Waals surface area contributed by atoms with Gasteiger partial charge in [-0.2, -0.15) is 31.6 Å². The van der Waals surface area contributed by atoms with Crippen LogP contribution in [0.1, 0.15) is 16.8 Å². The second-order valence-electron chi connectivity index (χ2n) is 4.58. The van der Waals surface area contributed by atoms with E-state index in [0.29, 0.717) is 0 Å². The maximum Gasteiger partial charge on any atom is 0.433 e. The lowest BCUT2D eigenvalue weighted by atomic mass is 10.0. The summed E-state index contributed by atoms with van der Waals surface area (Å²) >= 11 is 0. The summed E-state index contributed by atoms with van der Waals surface area (Å²) in [7, 11) is 0. The van der Waals surface area contributed by atoms with Crippen LogP contribution in [0.15, 0.2) is 36.4 Å². The zero-order valence-corrected chi connectivity index (χ0v) is 11.3. The van der Waals surface area contributed by atoms with E-state index < -0.39 is 41.3 Å². The summed E-state index contributed by atoms with van der Waals surface area (Å²) in [6.45, 7) is 0. The molecular formula is C15H8F6N2. The van der Waals surface area contributed by atoms with Crippen molar-refractivity contribution in [1.82, 2.24) is 4.98 Å². The second kappa shape index (κ2) is 5.91. The van der Waals surface area contributed by atoms with Crippen LogP contribution in [0, 0.1) is 11.3 Å². The zero-order chi connectivity index (χ0) is 17.3. The molecule has 0 amide bonds. The van der Waals surface area contributed by atoms with Gasteiger partial charge >= 0.3 is 12.4 Å². The number of rotatable bonds is 2. The third-order valence-corrected chi connectivity index (χ3v) is 3.03. The molecule has 0 radical (unpaired) electrons. The van der Waals surface area contributed by atoms with Gasteiger partial charge in [-0.15, -0.1) is 0 Å². The Morgan fingerprint density at radius 1 is 0.913 bits per heavy atom. The van der Waals surface area contributed by atoms with E-state index in [-0.39, 0.29) is 5.56 Å². The molecule has 0 unspecified atom stereocenters. The van der Waals surface area contributed by atoms with Gasteiger partial charge in [-0.1, -0.05) is 24.3 Å². The van der Waals surface area contributed by atoms with E-state index in [9.17, 15) is 26.3 Å². The number of hydrogen-bond acceptors (Lipinski definition) is 2. The molecule has 1 aromatic heterocycles. The molecule has 120 valence electrons. The molecular weight excluding hydrogens is 322 g/mol. The largest absolute Gasteiger partial charge is 0.433 e. The maximum absolute atomic E-state index is 13.0. The first-order chi connectivity index (χ1) is 10.6. The van der Waals surface area contributed by atoms with Crippen molar-refractivity contribution < 1.29 is 26.3 Å². The highest BCUT2D eigenvalue weighted by molar-refractivity contribution is 5.65. The van der Waals surface area contributed by atoms with Crippen molar-refractivity contribution in [3.8, 4) is 17.3 Å². The van der Waals surface area contributed by atoms with Crippen LogP contribution in [0.3, 0.4) is 0 Å². The Hall–Kier alpha value is -2.56. The molecule has 1 heterocycles. The van der Waals surface area contributed by atoms with Gasteiger partial charge in [0.2, 0.25) is 0 Å². The highest BCUT2D eigenvalue weighted by Gasteiger charge is 2.37. The third-order valence-electron chi connectivity index (χ3n) is 3.03. The van der Waals surface area contributed by atoms with Crippen LogP contribution >= 0.6 is 0 Å². The van der Waals surface area contributed by atoms with Gasteiger partial charge < -0.3 is 0 Å².